The molecule has 5 nitrogen and oxygen atoms in total. The summed E-state index contributed by atoms with van der Waals surface area (Å²) in [6, 6.07) is 7.11. The number of rotatable bonds is 3. The Labute approximate surface area is 127 Å². The second-order valence-electron chi connectivity index (χ2n) is 4.75. The van der Waals surface area contributed by atoms with Gasteiger partial charge in [0.15, 0.2) is 0 Å². The van der Waals surface area contributed by atoms with Gasteiger partial charge in [0.05, 0.1) is 17.3 Å². The van der Waals surface area contributed by atoms with Gasteiger partial charge in [-0.15, -0.1) is 0 Å². The van der Waals surface area contributed by atoms with E-state index in [-0.39, 0.29) is 11.9 Å². The Hall–Kier alpha value is -1.42. The van der Waals surface area contributed by atoms with Gasteiger partial charge in [0.25, 0.3) is 0 Å². The molecule has 6 heteroatoms. The number of piperazine rings is 1. The van der Waals surface area contributed by atoms with E-state index in [2.05, 4.69) is 37.5 Å². The number of hydrogen-bond donors (Lipinski definition) is 2. The monoisotopic (exact) mass is 336 g/mol. The van der Waals surface area contributed by atoms with Crippen LogP contribution < -0.4 is 10.6 Å². The van der Waals surface area contributed by atoms with E-state index in [1.807, 2.05) is 6.92 Å². The van der Waals surface area contributed by atoms with E-state index in [4.69, 9.17) is 5.26 Å². The normalized spacial score (nSPS) is 17.2. The molecule has 2 rings (SSSR count). The van der Waals surface area contributed by atoms with Gasteiger partial charge in [0.1, 0.15) is 6.07 Å². The number of carbonyl (C=O) groups excluding carboxylic acids is 1. The predicted octanol–water partition coefficient (Wildman–Crippen LogP) is 1.55. The minimum atomic E-state index is -0.206. The third kappa shape index (κ3) is 3.57. The van der Waals surface area contributed by atoms with E-state index in [1.165, 1.54) is 0 Å². The van der Waals surface area contributed by atoms with Crippen molar-refractivity contribution in [2.75, 3.05) is 31.5 Å². The Balaban J connectivity index is 2.07. The molecule has 0 saturated carbocycles. The van der Waals surface area contributed by atoms with Crippen LogP contribution in [0.2, 0.25) is 0 Å². The summed E-state index contributed by atoms with van der Waals surface area (Å²) in [5, 5.41) is 15.2. The number of benzene rings is 1. The molecule has 1 aliphatic rings. The Morgan fingerprint density at radius 2 is 2.20 bits per heavy atom. The lowest BCUT2D eigenvalue weighted by molar-refractivity contribution is -0.120. The quantitative estimate of drug-likeness (QED) is 0.878. The van der Waals surface area contributed by atoms with Crippen LogP contribution in [-0.2, 0) is 4.79 Å². The maximum Gasteiger partial charge on any atom is 0.241 e. The van der Waals surface area contributed by atoms with Crippen LogP contribution in [0.3, 0.4) is 0 Å². The van der Waals surface area contributed by atoms with E-state index in [1.54, 1.807) is 18.2 Å². The van der Waals surface area contributed by atoms with E-state index in [9.17, 15) is 4.79 Å². The highest BCUT2D eigenvalue weighted by Gasteiger charge is 2.23. The van der Waals surface area contributed by atoms with Crippen LogP contribution in [0.4, 0.5) is 5.69 Å². The maximum atomic E-state index is 12.3. The summed E-state index contributed by atoms with van der Waals surface area (Å²) in [6.07, 6.45) is 0. The summed E-state index contributed by atoms with van der Waals surface area (Å²) in [5.74, 6) is -0.0819. The molecular weight excluding hydrogens is 320 g/mol. The minimum absolute atomic E-state index is 0.0819. The number of nitrogens with one attached hydrogen (secondary N) is 2. The topological polar surface area (TPSA) is 68.2 Å². The number of nitrogens with zero attached hydrogens (tertiary/aromatic N) is 2. The summed E-state index contributed by atoms with van der Waals surface area (Å²) in [4.78, 5) is 14.4. The van der Waals surface area contributed by atoms with Crippen LogP contribution in [0.25, 0.3) is 0 Å². The molecule has 1 aromatic carbocycles. The number of carbonyl (C=O) groups is 1. The zero-order valence-corrected chi connectivity index (χ0v) is 12.9. The largest absolute Gasteiger partial charge is 0.324 e. The first kappa shape index (κ1) is 15.0. The molecule has 1 heterocycles. The third-order valence-corrected chi connectivity index (χ3v) is 3.93. The summed E-state index contributed by atoms with van der Waals surface area (Å²) in [5.41, 5.74) is 1.02. The summed E-state index contributed by atoms with van der Waals surface area (Å²) < 4.78 is 0.835. The van der Waals surface area contributed by atoms with Crippen LogP contribution in [0.1, 0.15) is 12.5 Å². The average molecular weight is 337 g/mol. The molecule has 0 bridgehead atoms. The molecule has 1 atom stereocenters. The van der Waals surface area contributed by atoms with E-state index >= 15 is 0 Å². The highest BCUT2D eigenvalue weighted by molar-refractivity contribution is 9.10. The van der Waals surface area contributed by atoms with Gasteiger partial charge in [-0.1, -0.05) is 15.9 Å². The zero-order valence-electron chi connectivity index (χ0n) is 11.3. The lowest BCUT2D eigenvalue weighted by atomic mass is 10.1. The van der Waals surface area contributed by atoms with Gasteiger partial charge in [0, 0.05) is 30.7 Å². The van der Waals surface area contributed by atoms with Gasteiger partial charge in [-0.2, -0.15) is 5.26 Å². The summed E-state index contributed by atoms with van der Waals surface area (Å²) in [6.45, 7) is 5.41. The van der Waals surface area contributed by atoms with Gasteiger partial charge in [-0.3, -0.25) is 9.69 Å². The van der Waals surface area contributed by atoms with Crippen molar-refractivity contribution >= 4 is 27.5 Å². The van der Waals surface area contributed by atoms with Crippen LogP contribution in [0, 0.1) is 11.3 Å². The molecule has 0 spiro atoms. The first-order valence-electron chi connectivity index (χ1n) is 6.57. The Bertz CT molecular complexity index is 534. The van der Waals surface area contributed by atoms with Crippen molar-refractivity contribution in [3.05, 3.63) is 28.2 Å². The van der Waals surface area contributed by atoms with Crippen molar-refractivity contribution in [1.29, 1.82) is 5.26 Å². The van der Waals surface area contributed by atoms with Crippen molar-refractivity contribution in [3.8, 4) is 6.07 Å². The molecule has 1 saturated heterocycles. The van der Waals surface area contributed by atoms with Gasteiger partial charge in [-0.05, 0) is 25.1 Å². The van der Waals surface area contributed by atoms with Crippen molar-refractivity contribution in [2.45, 2.75) is 13.0 Å². The summed E-state index contributed by atoms with van der Waals surface area (Å²) >= 11 is 3.35. The highest BCUT2D eigenvalue weighted by atomic mass is 79.9. The van der Waals surface area contributed by atoms with E-state index < -0.39 is 0 Å². The molecule has 0 aliphatic carbocycles. The molecule has 2 N–H and O–H groups in total. The minimum Gasteiger partial charge on any atom is -0.324 e. The van der Waals surface area contributed by atoms with Gasteiger partial charge < -0.3 is 10.6 Å². The van der Waals surface area contributed by atoms with Gasteiger partial charge in [0.2, 0.25) is 5.91 Å². The second-order valence-corrected chi connectivity index (χ2v) is 5.67. The number of nitriles is 1. The summed E-state index contributed by atoms with van der Waals surface area (Å²) in [7, 11) is 0. The standard InChI is InChI=1S/C14H17BrN4O/c1-10(19-6-4-17-5-7-19)14(20)18-13-8-12(15)3-2-11(13)9-16/h2-3,8,10,17H,4-7H2,1H3,(H,18,20). The van der Waals surface area contributed by atoms with Crippen molar-refractivity contribution in [3.63, 3.8) is 0 Å². The smallest absolute Gasteiger partial charge is 0.241 e. The molecule has 0 radical (unpaired) electrons. The predicted molar refractivity (Wildman–Crippen MR) is 81.4 cm³/mol. The van der Waals surface area contributed by atoms with Crippen molar-refractivity contribution in [1.82, 2.24) is 10.2 Å². The zero-order chi connectivity index (χ0) is 14.5. The average Bonchev–Trinajstić information content (AvgIpc) is 2.47. The van der Waals surface area contributed by atoms with Crippen molar-refractivity contribution < 1.29 is 4.79 Å². The van der Waals surface area contributed by atoms with Gasteiger partial charge >= 0.3 is 0 Å². The highest BCUT2D eigenvalue weighted by Crippen LogP contribution is 2.21. The molecule has 0 aromatic heterocycles. The first-order valence-corrected chi connectivity index (χ1v) is 7.36. The lowest BCUT2D eigenvalue weighted by Gasteiger charge is -2.31. The number of amides is 1. The lowest BCUT2D eigenvalue weighted by Crippen LogP contribution is -2.51. The Kier molecular flexibility index (Phi) is 5.12. The molecule has 1 aromatic rings. The SMILES string of the molecule is CC(C(=O)Nc1cc(Br)ccc1C#N)N1CCNCC1. The second kappa shape index (κ2) is 6.84. The number of hydrogen-bond acceptors (Lipinski definition) is 4. The van der Waals surface area contributed by atoms with E-state index in [0.717, 1.165) is 30.7 Å². The molecule has 1 unspecified atom stereocenters. The van der Waals surface area contributed by atoms with Crippen LogP contribution in [0.15, 0.2) is 22.7 Å². The molecule has 1 fully saturated rings. The number of anilines is 1. The van der Waals surface area contributed by atoms with E-state index in [0.29, 0.717) is 11.3 Å². The van der Waals surface area contributed by atoms with Gasteiger partial charge in [-0.25, -0.2) is 0 Å². The third-order valence-electron chi connectivity index (χ3n) is 3.44. The Morgan fingerprint density at radius 1 is 1.50 bits per heavy atom. The van der Waals surface area contributed by atoms with Crippen LogP contribution in [-0.4, -0.2) is 43.0 Å². The van der Waals surface area contributed by atoms with Crippen molar-refractivity contribution in [2.24, 2.45) is 0 Å². The maximum absolute atomic E-state index is 12.3. The fourth-order valence-electron chi connectivity index (χ4n) is 2.19. The molecular formula is C14H17BrN4O. The molecule has 1 aliphatic heterocycles. The number of halogens is 1. The first-order chi connectivity index (χ1) is 9.61. The Morgan fingerprint density at radius 3 is 2.85 bits per heavy atom. The molecule has 1 amide bonds. The fourth-order valence-corrected chi connectivity index (χ4v) is 2.55. The fraction of sp³-hybridized carbons (Fsp3) is 0.429. The van der Waals surface area contributed by atoms with Crippen LogP contribution in [0.5, 0.6) is 0 Å². The van der Waals surface area contributed by atoms with Crippen LogP contribution >= 0.6 is 15.9 Å². The molecule has 20 heavy (non-hydrogen) atoms. The molecule has 106 valence electrons.